The molecule has 3 heterocycles. The van der Waals surface area contributed by atoms with Crippen LogP contribution in [0.4, 0.5) is 0 Å². The van der Waals surface area contributed by atoms with Crippen LogP contribution < -0.4 is 5.32 Å². The van der Waals surface area contributed by atoms with Gasteiger partial charge in [0.2, 0.25) is 11.8 Å². The molecule has 4 aliphatic carbocycles. The summed E-state index contributed by atoms with van der Waals surface area (Å²) in [5.41, 5.74) is 0.705. The second kappa shape index (κ2) is 11.8. The number of carbonyl (C=O) groups is 2. The van der Waals surface area contributed by atoms with Gasteiger partial charge in [-0.1, -0.05) is 27.7 Å². The first kappa shape index (κ1) is 31.4. The van der Waals surface area contributed by atoms with Crippen LogP contribution in [-0.2, 0) is 19.1 Å². The molecule has 7 fully saturated rings. The molecule has 248 valence electrons. The Morgan fingerprint density at radius 3 is 2.41 bits per heavy atom. The Bertz CT molecular complexity index is 1090. The second-order valence-electron chi connectivity index (χ2n) is 16.8. The highest BCUT2D eigenvalue weighted by Gasteiger charge is 2.69. The van der Waals surface area contributed by atoms with E-state index in [9.17, 15) is 9.59 Å². The van der Waals surface area contributed by atoms with Crippen molar-refractivity contribution in [3.63, 3.8) is 0 Å². The van der Waals surface area contributed by atoms with Gasteiger partial charge in [0, 0.05) is 51.1 Å². The number of aliphatic hydroxyl groups is 1. The molecule has 7 rings (SSSR count). The first-order chi connectivity index (χ1) is 21.1. The molecule has 0 aromatic carbocycles. The van der Waals surface area contributed by atoms with E-state index in [1.165, 1.54) is 44.9 Å². The van der Waals surface area contributed by atoms with Crippen molar-refractivity contribution in [2.75, 3.05) is 45.9 Å². The molecule has 4 saturated carbocycles. The van der Waals surface area contributed by atoms with Gasteiger partial charge in [-0.15, -0.1) is 0 Å². The van der Waals surface area contributed by atoms with Crippen molar-refractivity contribution in [3.05, 3.63) is 0 Å². The molecule has 0 aromatic heterocycles. The van der Waals surface area contributed by atoms with Gasteiger partial charge in [0.1, 0.15) is 6.42 Å². The fraction of sp³-hybridized carbons (Fsp3) is 0.944. The molecule has 0 aromatic rings. The van der Waals surface area contributed by atoms with E-state index in [-0.39, 0.29) is 36.7 Å². The molecule has 7 aliphatic rings. The van der Waals surface area contributed by atoms with Crippen LogP contribution in [0.5, 0.6) is 0 Å². The van der Waals surface area contributed by atoms with Crippen LogP contribution in [0.25, 0.3) is 0 Å². The SMILES string of the molecule is C[C@@H]1CC[C@@]2(OC1)O[C@H]1C[C@H]3[C@@H]4CC[C@H]5C[C@@H](NC(=O)CC(=O)N6CCN(CCO)CC6)CC[C@]5(C)[C@H]4CC[C@]3(C)[C@H]1[C@@H]2C. The maximum absolute atomic E-state index is 13.0. The third-order valence-electron chi connectivity index (χ3n) is 14.8. The van der Waals surface area contributed by atoms with Crippen LogP contribution in [0, 0.1) is 52.3 Å². The van der Waals surface area contributed by atoms with Gasteiger partial charge in [-0.05, 0) is 104 Å². The maximum atomic E-state index is 13.0. The molecular formula is C36H59N3O5. The van der Waals surface area contributed by atoms with Gasteiger partial charge in [0.15, 0.2) is 5.79 Å². The van der Waals surface area contributed by atoms with Crippen molar-refractivity contribution in [1.82, 2.24) is 15.1 Å². The number of piperazine rings is 1. The fourth-order valence-electron chi connectivity index (χ4n) is 12.3. The molecule has 1 spiro atoms. The molecule has 2 N–H and O–H groups in total. The zero-order valence-corrected chi connectivity index (χ0v) is 27.9. The number of carbonyl (C=O) groups excluding carboxylic acids is 2. The predicted octanol–water partition coefficient (Wildman–Crippen LogP) is 4.44. The molecule has 0 bridgehead atoms. The summed E-state index contributed by atoms with van der Waals surface area (Å²) in [5.74, 6) is 4.20. The van der Waals surface area contributed by atoms with Gasteiger partial charge in [-0.3, -0.25) is 14.5 Å². The van der Waals surface area contributed by atoms with E-state index >= 15 is 0 Å². The average Bonchev–Trinajstić information content (AvgIpc) is 3.45. The number of rotatable bonds is 5. The Morgan fingerprint density at radius 2 is 1.68 bits per heavy atom. The average molecular weight is 614 g/mol. The van der Waals surface area contributed by atoms with Gasteiger partial charge >= 0.3 is 0 Å². The Kier molecular flexibility index (Phi) is 8.41. The number of aliphatic hydroxyl groups excluding tert-OH is 1. The minimum Gasteiger partial charge on any atom is -0.395 e. The summed E-state index contributed by atoms with van der Waals surface area (Å²) in [4.78, 5) is 29.8. The summed E-state index contributed by atoms with van der Waals surface area (Å²) < 4.78 is 13.5. The molecule has 3 aliphatic heterocycles. The van der Waals surface area contributed by atoms with Gasteiger partial charge in [-0.25, -0.2) is 0 Å². The Morgan fingerprint density at radius 1 is 0.909 bits per heavy atom. The number of nitrogens with one attached hydrogen (secondary N) is 1. The van der Waals surface area contributed by atoms with E-state index in [1.807, 2.05) is 4.90 Å². The van der Waals surface area contributed by atoms with Crippen LogP contribution >= 0.6 is 0 Å². The standard InChI is InChI=1S/C36H59N3O5/c1-23-7-12-36(43-22-23)24(2)33-30(44-36)20-29-27-6-5-25-19-26(8-10-34(25,3)28(27)9-11-35(29,33)4)37-31(41)21-32(42)39-15-13-38(14-16-39)17-18-40/h23-30,33,40H,5-22H2,1-4H3,(H,37,41)/t23-,24+,25+,26+,27-,28+,29+,30+,33+,34+,35+,36-/m1/s1. The van der Waals surface area contributed by atoms with E-state index in [2.05, 4.69) is 37.9 Å². The molecule has 0 radical (unpaired) electrons. The van der Waals surface area contributed by atoms with E-state index in [0.717, 1.165) is 56.7 Å². The smallest absolute Gasteiger partial charge is 0.232 e. The molecule has 2 amide bonds. The molecule has 0 unspecified atom stereocenters. The minimum atomic E-state index is -0.334. The van der Waals surface area contributed by atoms with Gasteiger partial charge in [0.25, 0.3) is 0 Å². The first-order valence-corrected chi connectivity index (χ1v) is 18.3. The quantitative estimate of drug-likeness (QED) is 0.446. The topological polar surface area (TPSA) is 91.3 Å². The van der Waals surface area contributed by atoms with Crippen molar-refractivity contribution in [3.8, 4) is 0 Å². The monoisotopic (exact) mass is 613 g/mol. The largest absolute Gasteiger partial charge is 0.395 e. The fourth-order valence-corrected chi connectivity index (χ4v) is 12.3. The molecule has 3 saturated heterocycles. The van der Waals surface area contributed by atoms with E-state index in [4.69, 9.17) is 14.6 Å². The number of amides is 2. The van der Waals surface area contributed by atoms with Gasteiger partial charge in [0.05, 0.1) is 19.3 Å². The van der Waals surface area contributed by atoms with Crippen molar-refractivity contribution in [2.45, 2.75) is 116 Å². The Labute approximate surface area is 265 Å². The zero-order chi connectivity index (χ0) is 30.9. The summed E-state index contributed by atoms with van der Waals surface area (Å²) in [6, 6.07) is 0.190. The van der Waals surface area contributed by atoms with Gasteiger partial charge < -0.3 is 24.8 Å². The number of fused-ring (bicyclic) bond motifs is 7. The molecule has 12 atom stereocenters. The summed E-state index contributed by atoms with van der Waals surface area (Å²) in [7, 11) is 0. The van der Waals surface area contributed by atoms with Crippen molar-refractivity contribution in [1.29, 1.82) is 0 Å². The highest BCUT2D eigenvalue weighted by Crippen LogP contribution is 2.71. The van der Waals surface area contributed by atoms with Crippen LogP contribution in [0.3, 0.4) is 0 Å². The maximum Gasteiger partial charge on any atom is 0.232 e. The third-order valence-corrected chi connectivity index (χ3v) is 14.8. The Balaban J connectivity index is 0.943. The van der Waals surface area contributed by atoms with E-state index in [0.29, 0.717) is 60.2 Å². The Hall–Kier alpha value is -1.22. The third kappa shape index (κ3) is 5.16. The lowest BCUT2D eigenvalue weighted by molar-refractivity contribution is -0.273. The van der Waals surface area contributed by atoms with E-state index < -0.39 is 0 Å². The summed E-state index contributed by atoms with van der Waals surface area (Å²) >= 11 is 0. The number of β-amino-alcohol motifs (C(OH)–C–C–N with tert-alkyl or cyclic N) is 1. The normalized spacial score (nSPS) is 48.8. The lowest BCUT2D eigenvalue weighted by atomic mass is 9.44. The predicted molar refractivity (Wildman–Crippen MR) is 168 cm³/mol. The van der Waals surface area contributed by atoms with Crippen molar-refractivity contribution >= 4 is 11.8 Å². The molecule has 8 heteroatoms. The lowest BCUT2D eigenvalue weighted by Crippen LogP contribution is -2.56. The lowest BCUT2D eigenvalue weighted by Gasteiger charge is -2.61. The molecule has 8 nitrogen and oxygen atoms in total. The highest BCUT2D eigenvalue weighted by molar-refractivity contribution is 5.97. The zero-order valence-electron chi connectivity index (χ0n) is 27.9. The number of hydrogen-bond acceptors (Lipinski definition) is 6. The number of nitrogens with zero attached hydrogens (tertiary/aromatic N) is 2. The van der Waals surface area contributed by atoms with Crippen LogP contribution in [-0.4, -0.2) is 90.6 Å². The van der Waals surface area contributed by atoms with Crippen molar-refractivity contribution < 1.29 is 24.2 Å². The molecular weight excluding hydrogens is 554 g/mol. The van der Waals surface area contributed by atoms with Crippen LogP contribution in [0.2, 0.25) is 0 Å². The van der Waals surface area contributed by atoms with Crippen molar-refractivity contribution in [2.24, 2.45) is 52.3 Å². The number of ether oxygens (including phenoxy) is 2. The highest BCUT2D eigenvalue weighted by atomic mass is 16.7. The number of hydrogen-bond donors (Lipinski definition) is 2. The van der Waals surface area contributed by atoms with Crippen LogP contribution in [0.15, 0.2) is 0 Å². The summed E-state index contributed by atoms with van der Waals surface area (Å²) in [6.45, 7) is 14.4. The van der Waals surface area contributed by atoms with E-state index in [1.54, 1.807) is 0 Å². The van der Waals surface area contributed by atoms with Gasteiger partial charge in [-0.2, -0.15) is 0 Å². The minimum absolute atomic E-state index is 0.0441. The summed E-state index contributed by atoms with van der Waals surface area (Å²) in [6.07, 6.45) is 12.3. The second-order valence-corrected chi connectivity index (χ2v) is 16.8. The first-order valence-electron chi connectivity index (χ1n) is 18.3. The van der Waals surface area contributed by atoms with Crippen LogP contribution in [0.1, 0.15) is 98.3 Å². The molecule has 44 heavy (non-hydrogen) atoms. The summed E-state index contributed by atoms with van der Waals surface area (Å²) in [5, 5.41) is 12.4.